The maximum atomic E-state index is 12.6. The van der Waals surface area contributed by atoms with E-state index in [9.17, 15) is 13.2 Å². The first-order valence-corrected chi connectivity index (χ1v) is 12.9. The smallest absolute Gasteiger partial charge is 0.234 e. The summed E-state index contributed by atoms with van der Waals surface area (Å²) in [5.74, 6) is 0.310. The van der Waals surface area contributed by atoms with Crippen molar-refractivity contribution in [1.82, 2.24) is 19.7 Å². The summed E-state index contributed by atoms with van der Waals surface area (Å²) in [6.45, 7) is 2.01. The molecule has 33 heavy (non-hydrogen) atoms. The van der Waals surface area contributed by atoms with Crippen molar-refractivity contribution in [2.24, 2.45) is 0 Å². The summed E-state index contributed by atoms with van der Waals surface area (Å²) < 4.78 is 25.9. The van der Waals surface area contributed by atoms with Crippen LogP contribution in [0.15, 0.2) is 83.1 Å². The number of anilines is 1. The number of para-hydroxylation sites is 1. The molecule has 0 aliphatic heterocycles. The number of amides is 1. The van der Waals surface area contributed by atoms with Gasteiger partial charge in [-0.1, -0.05) is 41.6 Å². The lowest BCUT2D eigenvalue weighted by atomic mass is 10.2. The quantitative estimate of drug-likeness (QED) is 0.402. The average Bonchev–Trinajstić information content (AvgIpc) is 3.22. The summed E-state index contributed by atoms with van der Waals surface area (Å²) in [4.78, 5) is 16.8. The van der Waals surface area contributed by atoms with Gasteiger partial charge in [0.15, 0.2) is 20.8 Å². The van der Waals surface area contributed by atoms with E-state index in [0.717, 1.165) is 23.1 Å². The monoisotopic (exact) mass is 479 g/mol. The average molecular weight is 480 g/mol. The fourth-order valence-electron chi connectivity index (χ4n) is 3.19. The molecule has 0 atom stereocenters. The summed E-state index contributed by atoms with van der Waals surface area (Å²) in [5, 5.41) is 11.9. The molecule has 1 amide bonds. The molecule has 2 aromatic heterocycles. The van der Waals surface area contributed by atoms with Crippen molar-refractivity contribution in [2.45, 2.75) is 17.0 Å². The third-order valence-electron chi connectivity index (χ3n) is 4.76. The van der Waals surface area contributed by atoms with Crippen LogP contribution in [0.5, 0.6) is 0 Å². The summed E-state index contributed by atoms with van der Waals surface area (Å²) in [7, 11) is -3.47. The highest BCUT2D eigenvalue weighted by molar-refractivity contribution is 7.99. The van der Waals surface area contributed by atoms with Crippen LogP contribution in [-0.4, -0.2) is 46.1 Å². The van der Waals surface area contributed by atoms with E-state index in [1.54, 1.807) is 30.6 Å². The molecule has 0 radical (unpaired) electrons. The van der Waals surface area contributed by atoms with Crippen LogP contribution in [-0.2, 0) is 14.6 Å². The fourth-order valence-corrected chi connectivity index (χ4v) is 4.78. The molecule has 2 heterocycles. The molecule has 0 saturated heterocycles. The van der Waals surface area contributed by atoms with E-state index >= 15 is 0 Å². The minimum absolute atomic E-state index is 0.0262. The number of nitrogens with zero attached hydrogens (tertiary/aromatic N) is 4. The zero-order valence-electron chi connectivity index (χ0n) is 18.0. The number of benzene rings is 2. The second kappa shape index (κ2) is 9.55. The number of hydrogen-bond donors (Lipinski definition) is 1. The predicted molar refractivity (Wildman–Crippen MR) is 128 cm³/mol. The van der Waals surface area contributed by atoms with Crippen molar-refractivity contribution < 1.29 is 13.2 Å². The SMILES string of the molecule is Cc1ccc(-n2c(SCC(=O)Nc3ccccc3S(C)(=O)=O)nnc2-c2ccncc2)cc1. The minimum atomic E-state index is -3.47. The molecule has 2 aromatic carbocycles. The Morgan fingerprint density at radius 3 is 2.39 bits per heavy atom. The van der Waals surface area contributed by atoms with Crippen LogP contribution in [0.2, 0.25) is 0 Å². The van der Waals surface area contributed by atoms with Crippen LogP contribution in [0.4, 0.5) is 5.69 Å². The highest BCUT2D eigenvalue weighted by Crippen LogP contribution is 2.28. The fraction of sp³-hybridized carbons (Fsp3) is 0.130. The Kier molecular flexibility index (Phi) is 6.57. The standard InChI is InChI=1S/C23H21N5O3S2/c1-16-7-9-18(10-8-16)28-22(17-11-13-24-14-12-17)26-27-23(28)32-15-21(29)25-19-5-3-4-6-20(19)33(2,30)31/h3-14H,15H2,1-2H3,(H,25,29). The van der Waals surface area contributed by atoms with Gasteiger partial charge >= 0.3 is 0 Å². The number of carbonyl (C=O) groups excluding carboxylic acids is 1. The summed E-state index contributed by atoms with van der Waals surface area (Å²) in [5.41, 5.74) is 3.08. The molecular weight excluding hydrogens is 458 g/mol. The summed E-state index contributed by atoms with van der Waals surface area (Å²) >= 11 is 1.21. The second-order valence-corrected chi connectivity index (χ2v) is 10.2. The molecule has 4 aromatic rings. The van der Waals surface area contributed by atoms with Gasteiger partial charge < -0.3 is 5.32 Å². The first kappa shape index (κ1) is 22.7. The van der Waals surface area contributed by atoms with Gasteiger partial charge in [0.2, 0.25) is 5.91 Å². The van der Waals surface area contributed by atoms with Crippen LogP contribution in [0.3, 0.4) is 0 Å². The molecule has 0 saturated carbocycles. The molecule has 0 unspecified atom stereocenters. The normalized spacial score (nSPS) is 11.3. The topological polar surface area (TPSA) is 107 Å². The van der Waals surface area contributed by atoms with E-state index in [0.29, 0.717) is 11.0 Å². The van der Waals surface area contributed by atoms with Crippen molar-refractivity contribution in [3.8, 4) is 17.1 Å². The first-order valence-electron chi connectivity index (χ1n) is 9.97. The molecule has 8 nitrogen and oxygen atoms in total. The van der Waals surface area contributed by atoms with Crippen molar-refractivity contribution in [3.05, 3.63) is 78.6 Å². The van der Waals surface area contributed by atoms with E-state index in [1.165, 1.54) is 17.8 Å². The molecule has 4 rings (SSSR count). The lowest BCUT2D eigenvalue weighted by Crippen LogP contribution is -2.16. The van der Waals surface area contributed by atoms with Gasteiger partial charge in [0, 0.05) is 29.9 Å². The highest BCUT2D eigenvalue weighted by Gasteiger charge is 2.19. The van der Waals surface area contributed by atoms with Crippen LogP contribution in [0.1, 0.15) is 5.56 Å². The zero-order valence-corrected chi connectivity index (χ0v) is 19.6. The zero-order chi connectivity index (χ0) is 23.4. The van der Waals surface area contributed by atoms with Gasteiger partial charge in [-0.2, -0.15) is 0 Å². The van der Waals surface area contributed by atoms with Crippen LogP contribution < -0.4 is 5.32 Å². The van der Waals surface area contributed by atoms with E-state index in [-0.39, 0.29) is 22.2 Å². The van der Waals surface area contributed by atoms with Crippen molar-refractivity contribution in [3.63, 3.8) is 0 Å². The number of pyridine rings is 1. The van der Waals surface area contributed by atoms with Gasteiger partial charge in [0.05, 0.1) is 16.3 Å². The van der Waals surface area contributed by atoms with E-state index in [2.05, 4.69) is 20.5 Å². The van der Waals surface area contributed by atoms with Crippen LogP contribution in [0.25, 0.3) is 17.1 Å². The number of carbonyl (C=O) groups is 1. The maximum absolute atomic E-state index is 12.6. The Morgan fingerprint density at radius 1 is 1.00 bits per heavy atom. The molecule has 0 fully saturated rings. The Hall–Kier alpha value is -3.50. The molecular formula is C23H21N5O3S2. The Bertz CT molecular complexity index is 1390. The largest absolute Gasteiger partial charge is 0.324 e. The van der Waals surface area contributed by atoms with Gasteiger partial charge in [-0.3, -0.25) is 14.3 Å². The van der Waals surface area contributed by atoms with Gasteiger partial charge in [0.25, 0.3) is 0 Å². The molecule has 0 bridgehead atoms. The highest BCUT2D eigenvalue weighted by atomic mass is 32.2. The molecule has 0 spiro atoms. The minimum Gasteiger partial charge on any atom is -0.324 e. The van der Waals surface area contributed by atoms with E-state index < -0.39 is 9.84 Å². The number of nitrogens with one attached hydrogen (secondary N) is 1. The molecule has 1 N–H and O–H groups in total. The maximum Gasteiger partial charge on any atom is 0.234 e. The predicted octanol–water partition coefficient (Wildman–Crippen LogP) is 3.77. The van der Waals surface area contributed by atoms with Crippen molar-refractivity contribution >= 4 is 33.2 Å². The third-order valence-corrected chi connectivity index (χ3v) is 6.84. The lowest BCUT2D eigenvalue weighted by Gasteiger charge is -2.11. The first-order chi connectivity index (χ1) is 15.8. The number of rotatable bonds is 7. The van der Waals surface area contributed by atoms with Crippen LogP contribution >= 0.6 is 11.8 Å². The number of sulfone groups is 1. The van der Waals surface area contributed by atoms with Gasteiger partial charge in [0.1, 0.15) is 0 Å². The van der Waals surface area contributed by atoms with Crippen molar-refractivity contribution in [2.75, 3.05) is 17.3 Å². The van der Waals surface area contributed by atoms with Gasteiger partial charge in [-0.05, 0) is 43.3 Å². The molecule has 0 aliphatic rings. The van der Waals surface area contributed by atoms with Crippen LogP contribution in [0, 0.1) is 6.92 Å². The number of aromatic nitrogens is 4. The Morgan fingerprint density at radius 2 is 1.70 bits per heavy atom. The molecule has 168 valence electrons. The molecule has 0 aliphatic carbocycles. The van der Waals surface area contributed by atoms with Crippen molar-refractivity contribution in [1.29, 1.82) is 0 Å². The Balaban J connectivity index is 1.60. The van der Waals surface area contributed by atoms with Gasteiger partial charge in [-0.25, -0.2) is 8.42 Å². The molecule has 10 heteroatoms. The Labute approximate surface area is 196 Å². The second-order valence-electron chi connectivity index (χ2n) is 7.32. The van der Waals surface area contributed by atoms with Gasteiger partial charge in [-0.15, -0.1) is 10.2 Å². The van der Waals surface area contributed by atoms with E-state index in [4.69, 9.17) is 0 Å². The summed E-state index contributed by atoms with van der Waals surface area (Å²) in [6.07, 6.45) is 4.48. The lowest BCUT2D eigenvalue weighted by molar-refractivity contribution is -0.113. The third kappa shape index (κ3) is 5.29. The number of hydrogen-bond acceptors (Lipinski definition) is 7. The summed E-state index contributed by atoms with van der Waals surface area (Å²) in [6, 6.07) is 17.9. The number of thioether (sulfide) groups is 1. The van der Waals surface area contributed by atoms with E-state index in [1.807, 2.05) is 47.9 Å². The number of aryl methyl sites for hydroxylation is 1.